The van der Waals surface area contributed by atoms with E-state index in [0.717, 1.165) is 12.8 Å². The highest BCUT2D eigenvalue weighted by molar-refractivity contribution is 7.91. The minimum atomic E-state index is -3.01. The van der Waals surface area contributed by atoms with Crippen molar-refractivity contribution >= 4 is 15.7 Å². The van der Waals surface area contributed by atoms with Gasteiger partial charge in [-0.15, -0.1) is 0 Å². The summed E-state index contributed by atoms with van der Waals surface area (Å²) in [7, 11) is -1.39. The second-order valence-electron chi connectivity index (χ2n) is 5.52. The molecular formula is C14H28N2O4S. The smallest absolute Gasteiger partial charge is 0.224 e. The minimum Gasteiger partial charge on any atom is -0.383 e. The van der Waals surface area contributed by atoms with Crippen LogP contribution in [-0.4, -0.2) is 69.6 Å². The van der Waals surface area contributed by atoms with E-state index in [1.54, 1.807) is 7.11 Å². The number of nitrogens with one attached hydrogen (secondary N) is 1. The molecule has 124 valence electrons. The molecule has 1 saturated heterocycles. The lowest BCUT2D eigenvalue weighted by Gasteiger charge is -2.32. The van der Waals surface area contributed by atoms with Gasteiger partial charge in [0, 0.05) is 38.7 Å². The summed E-state index contributed by atoms with van der Waals surface area (Å²) >= 11 is 0. The lowest BCUT2D eigenvalue weighted by atomic mass is 10.1. The van der Waals surface area contributed by atoms with Gasteiger partial charge in [0.05, 0.1) is 18.1 Å². The van der Waals surface area contributed by atoms with Crippen molar-refractivity contribution in [2.75, 3.05) is 38.3 Å². The Balaban J connectivity index is 2.66. The number of amides is 1. The molecule has 1 rings (SSSR count). The molecule has 0 aromatic rings. The normalized spacial score (nSPS) is 21.4. The highest BCUT2D eigenvalue weighted by atomic mass is 32.2. The topological polar surface area (TPSA) is 75.7 Å². The summed E-state index contributed by atoms with van der Waals surface area (Å²) in [5, 5.41) is 3.13. The maximum Gasteiger partial charge on any atom is 0.224 e. The van der Waals surface area contributed by atoms with Crippen LogP contribution in [0, 0.1) is 0 Å². The Morgan fingerprint density at radius 2 is 2.05 bits per heavy atom. The number of carbonyl (C=O) groups is 1. The molecule has 1 amide bonds. The van der Waals surface area contributed by atoms with Crippen LogP contribution >= 0.6 is 0 Å². The molecule has 0 radical (unpaired) electrons. The third-order valence-electron chi connectivity index (χ3n) is 3.96. The van der Waals surface area contributed by atoms with Crippen molar-refractivity contribution in [3.8, 4) is 0 Å². The fraction of sp³-hybridized carbons (Fsp3) is 0.929. The zero-order valence-electron chi connectivity index (χ0n) is 13.3. The Kier molecular flexibility index (Phi) is 7.62. The number of nitrogens with zero attached hydrogens (tertiary/aromatic N) is 1. The number of ether oxygens (including phenoxy) is 1. The summed E-state index contributed by atoms with van der Waals surface area (Å²) in [6.45, 7) is 5.61. The van der Waals surface area contributed by atoms with Crippen molar-refractivity contribution in [2.24, 2.45) is 0 Å². The van der Waals surface area contributed by atoms with E-state index in [9.17, 15) is 13.2 Å². The molecule has 21 heavy (non-hydrogen) atoms. The van der Waals surface area contributed by atoms with Crippen molar-refractivity contribution in [1.29, 1.82) is 0 Å². The summed E-state index contributed by atoms with van der Waals surface area (Å²) in [4.78, 5) is 14.4. The van der Waals surface area contributed by atoms with E-state index in [1.165, 1.54) is 0 Å². The number of methoxy groups -OCH3 is 1. The van der Waals surface area contributed by atoms with Crippen LogP contribution in [0.3, 0.4) is 0 Å². The third kappa shape index (κ3) is 5.92. The maximum atomic E-state index is 12.5. The first-order valence-electron chi connectivity index (χ1n) is 7.65. The zero-order valence-corrected chi connectivity index (χ0v) is 14.1. The van der Waals surface area contributed by atoms with Gasteiger partial charge < -0.3 is 15.0 Å². The van der Waals surface area contributed by atoms with Gasteiger partial charge in [-0.2, -0.15) is 0 Å². The van der Waals surface area contributed by atoms with Gasteiger partial charge in [-0.25, -0.2) is 8.42 Å². The van der Waals surface area contributed by atoms with Crippen LogP contribution in [0.15, 0.2) is 0 Å². The summed E-state index contributed by atoms with van der Waals surface area (Å²) in [5.74, 6) is 0.229. The van der Waals surface area contributed by atoms with Crippen molar-refractivity contribution in [3.63, 3.8) is 0 Å². The molecule has 7 heteroatoms. The first-order chi connectivity index (χ1) is 9.93. The molecule has 6 nitrogen and oxygen atoms in total. The SMILES string of the molecule is CCC(CC)N(CCOC)C(=O)CC1CS(=O)(=O)CCN1. The van der Waals surface area contributed by atoms with E-state index in [0.29, 0.717) is 19.7 Å². The van der Waals surface area contributed by atoms with Crippen molar-refractivity contribution < 1.29 is 17.9 Å². The van der Waals surface area contributed by atoms with Crippen LogP contribution < -0.4 is 5.32 Å². The molecule has 0 bridgehead atoms. The van der Waals surface area contributed by atoms with Crippen LogP contribution in [-0.2, 0) is 19.4 Å². The Morgan fingerprint density at radius 3 is 2.57 bits per heavy atom. The number of sulfone groups is 1. The Labute approximate surface area is 128 Å². The van der Waals surface area contributed by atoms with Crippen LogP contribution in [0.4, 0.5) is 0 Å². The second-order valence-corrected chi connectivity index (χ2v) is 7.75. The molecule has 0 aromatic heterocycles. The van der Waals surface area contributed by atoms with Crippen molar-refractivity contribution in [2.45, 2.75) is 45.2 Å². The monoisotopic (exact) mass is 320 g/mol. The van der Waals surface area contributed by atoms with E-state index in [4.69, 9.17) is 4.74 Å². The van der Waals surface area contributed by atoms with Gasteiger partial charge in [0.25, 0.3) is 0 Å². The minimum absolute atomic E-state index is 0.00958. The van der Waals surface area contributed by atoms with Gasteiger partial charge in [0.15, 0.2) is 9.84 Å². The lowest BCUT2D eigenvalue weighted by Crippen LogP contribution is -2.49. The van der Waals surface area contributed by atoms with Crippen molar-refractivity contribution in [1.82, 2.24) is 10.2 Å². The van der Waals surface area contributed by atoms with Crippen LogP contribution in [0.5, 0.6) is 0 Å². The average Bonchev–Trinajstić information content (AvgIpc) is 2.42. The number of carbonyl (C=O) groups excluding carboxylic acids is 1. The summed E-state index contributed by atoms with van der Waals surface area (Å²) < 4.78 is 28.4. The highest BCUT2D eigenvalue weighted by Gasteiger charge is 2.29. The van der Waals surface area contributed by atoms with Crippen LogP contribution in [0.2, 0.25) is 0 Å². The molecule has 0 aliphatic carbocycles. The van der Waals surface area contributed by atoms with E-state index in [-0.39, 0.29) is 35.9 Å². The van der Waals surface area contributed by atoms with Gasteiger partial charge >= 0.3 is 0 Å². The molecule has 1 fully saturated rings. The van der Waals surface area contributed by atoms with Crippen molar-refractivity contribution in [3.05, 3.63) is 0 Å². The molecular weight excluding hydrogens is 292 g/mol. The second kappa shape index (κ2) is 8.70. The Bertz CT molecular complexity index is 421. The molecule has 1 atom stereocenters. The molecule has 1 aliphatic heterocycles. The molecule has 0 spiro atoms. The van der Waals surface area contributed by atoms with E-state index < -0.39 is 9.84 Å². The van der Waals surface area contributed by atoms with Gasteiger partial charge in [0.1, 0.15) is 0 Å². The fourth-order valence-electron chi connectivity index (χ4n) is 2.76. The predicted molar refractivity (Wildman–Crippen MR) is 83.0 cm³/mol. The molecule has 1 N–H and O–H groups in total. The maximum absolute atomic E-state index is 12.5. The number of hydrogen-bond acceptors (Lipinski definition) is 5. The highest BCUT2D eigenvalue weighted by Crippen LogP contribution is 2.13. The summed E-state index contributed by atoms with van der Waals surface area (Å²) in [6.07, 6.45) is 2.02. The summed E-state index contributed by atoms with van der Waals surface area (Å²) in [5.41, 5.74) is 0. The Morgan fingerprint density at radius 1 is 1.38 bits per heavy atom. The van der Waals surface area contributed by atoms with E-state index in [1.807, 2.05) is 4.90 Å². The first-order valence-corrected chi connectivity index (χ1v) is 9.47. The summed E-state index contributed by atoms with van der Waals surface area (Å²) in [6, 6.07) is -0.0801. The average molecular weight is 320 g/mol. The lowest BCUT2D eigenvalue weighted by molar-refractivity contribution is -0.134. The first kappa shape index (κ1) is 18.4. The fourth-order valence-corrected chi connectivity index (χ4v) is 4.20. The van der Waals surface area contributed by atoms with Gasteiger partial charge in [0.2, 0.25) is 5.91 Å². The quantitative estimate of drug-likeness (QED) is 0.702. The molecule has 1 unspecified atom stereocenters. The molecule has 0 saturated carbocycles. The van der Waals surface area contributed by atoms with Gasteiger partial charge in [-0.1, -0.05) is 13.8 Å². The van der Waals surface area contributed by atoms with E-state index >= 15 is 0 Å². The standard InChI is InChI=1S/C14H28N2O4S/c1-4-13(5-2)16(7-8-20-3)14(17)10-12-11-21(18,19)9-6-15-12/h12-13,15H,4-11H2,1-3H3. The Hall–Kier alpha value is -0.660. The van der Waals surface area contributed by atoms with Crippen LogP contribution in [0.1, 0.15) is 33.1 Å². The zero-order chi connectivity index (χ0) is 15.9. The predicted octanol–water partition coefficient (Wildman–Crippen LogP) is 0.427. The van der Waals surface area contributed by atoms with Gasteiger partial charge in [-0.3, -0.25) is 4.79 Å². The molecule has 1 aliphatic rings. The number of rotatable bonds is 8. The molecule has 1 heterocycles. The van der Waals surface area contributed by atoms with Gasteiger partial charge in [-0.05, 0) is 12.8 Å². The van der Waals surface area contributed by atoms with E-state index in [2.05, 4.69) is 19.2 Å². The van der Waals surface area contributed by atoms with Crippen LogP contribution in [0.25, 0.3) is 0 Å². The number of hydrogen-bond donors (Lipinski definition) is 1. The third-order valence-corrected chi connectivity index (χ3v) is 5.70. The largest absolute Gasteiger partial charge is 0.383 e. The molecule has 0 aromatic carbocycles.